The van der Waals surface area contributed by atoms with E-state index in [1.165, 1.54) is 19.2 Å². The van der Waals surface area contributed by atoms with Crippen LogP contribution < -0.4 is 19.7 Å². The minimum absolute atomic E-state index is 0.211. The van der Waals surface area contributed by atoms with Crippen LogP contribution >= 0.6 is 0 Å². The normalized spacial score (nSPS) is 19.6. The van der Waals surface area contributed by atoms with Crippen molar-refractivity contribution in [3.63, 3.8) is 0 Å². The lowest BCUT2D eigenvalue weighted by Crippen LogP contribution is -2.43. The predicted molar refractivity (Wildman–Crippen MR) is 111 cm³/mol. The quantitative estimate of drug-likeness (QED) is 0.711. The molecule has 10 nitrogen and oxygen atoms in total. The van der Waals surface area contributed by atoms with Crippen LogP contribution in [0.1, 0.15) is 5.56 Å². The minimum Gasteiger partial charge on any atom is -0.493 e. The maximum Gasteiger partial charge on any atom is 0.263 e. The van der Waals surface area contributed by atoms with Crippen LogP contribution in [0.25, 0.3) is 0 Å². The number of carbonyl (C=O) groups excluding carboxylic acids is 3. The molecule has 160 valence electrons. The topological polar surface area (TPSA) is 113 Å². The van der Waals surface area contributed by atoms with Crippen LogP contribution in [0.5, 0.6) is 11.5 Å². The third-order valence-corrected chi connectivity index (χ3v) is 5.09. The summed E-state index contributed by atoms with van der Waals surface area (Å²) in [6, 6.07) is 10.1. The first-order valence-corrected chi connectivity index (χ1v) is 9.56. The lowest BCUT2D eigenvalue weighted by atomic mass is 10.1. The number of rotatable bonds is 6. The van der Waals surface area contributed by atoms with Gasteiger partial charge in [-0.3, -0.25) is 19.4 Å². The molecule has 31 heavy (non-hydrogen) atoms. The molecule has 3 amide bonds. The first-order valence-electron chi connectivity index (χ1n) is 9.56. The summed E-state index contributed by atoms with van der Waals surface area (Å²) in [6.45, 7) is 1.71. The van der Waals surface area contributed by atoms with Crippen molar-refractivity contribution in [3.8, 4) is 11.5 Å². The summed E-state index contributed by atoms with van der Waals surface area (Å²) in [5, 5.41) is 11.8. The minimum atomic E-state index is -0.993. The van der Waals surface area contributed by atoms with Gasteiger partial charge in [0.1, 0.15) is 6.54 Å². The number of nitrogens with one attached hydrogen (secondary N) is 1. The lowest BCUT2D eigenvalue weighted by Gasteiger charge is -2.20. The van der Waals surface area contributed by atoms with Crippen molar-refractivity contribution < 1.29 is 23.9 Å². The van der Waals surface area contributed by atoms with Gasteiger partial charge in [-0.2, -0.15) is 5.11 Å². The molecule has 2 aliphatic rings. The van der Waals surface area contributed by atoms with Crippen molar-refractivity contribution in [1.82, 2.24) is 5.01 Å². The average Bonchev–Trinajstić information content (AvgIpc) is 3.27. The van der Waals surface area contributed by atoms with Gasteiger partial charge in [0.2, 0.25) is 5.91 Å². The summed E-state index contributed by atoms with van der Waals surface area (Å²) in [4.78, 5) is 39.5. The van der Waals surface area contributed by atoms with Crippen LogP contribution in [0.3, 0.4) is 0 Å². The van der Waals surface area contributed by atoms with E-state index in [4.69, 9.17) is 9.47 Å². The molecule has 0 aliphatic carbocycles. The number of imide groups is 1. The highest BCUT2D eigenvalue weighted by atomic mass is 16.5. The SMILES string of the molecule is COc1ccc(N2C(=O)[C@H]3N=NN(CC(=O)Nc4cccc(C)c4)[C@H]3C2=O)cc1OC. The molecule has 4 rings (SSSR count). The summed E-state index contributed by atoms with van der Waals surface area (Å²) < 4.78 is 10.5. The molecular weight excluding hydrogens is 402 g/mol. The molecule has 2 atom stereocenters. The second kappa shape index (κ2) is 8.05. The van der Waals surface area contributed by atoms with E-state index < -0.39 is 23.9 Å². The molecule has 2 aromatic rings. The summed E-state index contributed by atoms with van der Waals surface area (Å²) in [5.41, 5.74) is 1.97. The molecule has 0 saturated carbocycles. The van der Waals surface area contributed by atoms with Gasteiger partial charge >= 0.3 is 0 Å². The van der Waals surface area contributed by atoms with Crippen molar-refractivity contribution >= 4 is 29.1 Å². The predicted octanol–water partition coefficient (Wildman–Crippen LogP) is 1.94. The van der Waals surface area contributed by atoms with Crippen molar-refractivity contribution in [2.24, 2.45) is 10.3 Å². The number of nitrogens with zero attached hydrogens (tertiary/aromatic N) is 4. The van der Waals surface area contributed by atoms with Crippen molar-refractivity contribution in [3.05, 3.63) is 48.0 Å². The van der Waals surface area contributed by atoms with Crippen molar-refractivity contribution in [2.45, 2.75) is 19.0 Å². The van der Waals surface area contributed by atoms with Crippen LogP contribution in [0.4, 0.5) is 11.4 Å². The molecule has 1 N–H and O–H groups in total. The van der Waals surface area contributed by atoms with Crippen LogP contribution in [0.2, 0.25) is 0 Å². The first-order chi connectivity index (χ1) is 14.9. The molecule has 1 fully saturated rings. The molecule has 2 aliphatic heterocycles. The maximum atomic E-state index is 13.1. The van der Waals surface area contributed by atoms with Crippen molar-refractivity contribution in [2.75, 3.05) is 31.0 Å². The molecule has 2 heterocycles. The Balaban J connectivity index is 1.51. The Hall–Kier alpha value is -3.95. The number of hydrogen-bond donors (Lipinski definition) is 1. The monoisotopic (exact) mass is 423 g/mol. The highest BCUT2D eigenvalue weighted by Gasteiger charge is 2.55. The van der Waals surface area contributed by atoms with Crippen LogP contribution in [0.15, 0.2) is 52.8 Å². The molecule has 0 radical (unpaired) electrons. The Kier molecular flexibility index (Phi) is 5.28. The zero-order valence-corrected chi connectivity index (χ0v) is 17.2. The van der Waals surface area contributed by atoms with Gasteiger partial charge in [-0.25, -0.2) is 4.90 Å². The van der Waals surface area contributed by atoms with Gasteiger partial charge in [0, 0.05) is 11.8 Å². The number of fused-ring (bicyclic) bond motifs is 1. The fourth-order valence-electron chi connectivity index (χ4n) is 3.64. The summed E-state index contributed by atoms with van der Waals surface area (Å²) in [5.74, 6) is -0.522. The summed E-state index contributed by atoms with van der Waals surface area (Å²) >= 11 is 0. The standard InChI is InChI=1S/C21H21N5O5/c1-12-5-4-6-13(9-12)22-17(27)11-25-19-18(23-24-25)20(28)26(21(19)29)14-7-8-15(30-2)16(10-14)31-3/h4-10,18-19H,11H2,1-3H3,(H,22,27)/t18-,19+/m0/s1. The van der Waals surface area contributed by atoms with Gasteiger partial charge in [-0.1, -0.05) is 17.4 Å². The highest BCUT2D eigenvalue weighted by molar-refractivity contribution is 6.25. The highest BCUT2D eigenvalue weighted by Crippen LogP contribution is 2.36. The zero-order valence-electron chi connectivity index (χ0n) is 17.2. The van der Waals surface area contributed by atoms with Gasteiger partial charge in [-0.15, -0.1) is 0 Å². The van der Waals surface area contributed by atoms with E-state index in [0.29, 0.717) is 22.9 Å². The Morgan fingerprint density at radius 2 is 1.84 bits per heavy atom. The van der Waals surface area contributed by atoms with E-state index in [9.17, 15) is 14.4 Å². The Morgan fingerprint density at radius 3 is 2.55 bits per heavy atom. The number of carbonyl (C=O) groups is 3. The van der Waals surface area contributed by atoms with E-state index in [1.807, 2.05) is 25.1 Å². The molecular formula is C21H21N5O5. The fraction of sp³-hybridized carbons (Fsp3) is 0.286. The largest absolute Gasteiger partial charge is 0.493 e. The van der Waals surface area contributed by atoms with Gasteiger partial charge in [-0.05, 0) is 36.8 Å². The third kappa shape index (κ3) is 3.67. The number of hydrogen-bond acceptors (Lipinski definition) is 8. The number of benzene rings is 2. The van der Waals surface area contributed by atoms with Crippen molar-refractivity contribution in [1.29, 1.82) is 0 Å². The Bertz CT molecular complexity index is 1090. The number of methoxy groups -OCH3 is 2. The van der Waals surface area contributed by atoms with E-state index in [-0.39, 0.29) is 12.5 Å². The smallest absolute Gasteiger partial charge is 0.263 e. The van der Waals surface area contributed by atoms with Gasteiger partial charge in [0.05, 0.1) is 19.9 Å². The average molecular weight is 423 g/mol. The van der Waals surface area contributed by atoms with E-state index >= 15 is 0 Å². The van der Waals surface area contributed by atoms with Crippen LogP contribution in [-0.4, -0.2) is 55.6 Å². The Morgan fingerprint density at radius 1 is 1.06 bits per heavy atom. The zero-order chi connectivity index (χ0) is 22.1. The number of amides is 3. The second-order valence-corrected chi connectivity index (χ2v) is 7.16. The Labute approximate surface area is 178 Å². The molecule has 0 bridgehead atoms. The lowest BCUT2D eigenvalue weighted by molar-refractivity contribution is -0.123. The van der Waals surface area contributed by atoms with Gasteiger partial charge < -0.3 is 14.8 Å². The summed E-state index contributed by atoms with van der Waals surface area (Å²) in [7, 11) is 2.96. The van der Waals surface area contributed by atoms with Gasteiger partial charge in [0.15, 0.2) is 23.6 Å². The summed E-state index contributed by atoms with van der Waals surface area (Å²) in [6.07, 6.45) is 0. The number of aryl methyl sites for hydroxylation is 1. The number of ether oxygens (including phenoxy) is 2. The fourth-order valence-corrected chi connectivity index (χ4v) is 3.64. The number of anilines is 2. The molecule has 10 heteroatoms. The molecule has 2 aromatic carbocycles. The van der Waals surface area contributed by atoms with Gasteiger partial charge in [0.25, 0.3) is 11.8 Å². The molecule has 0 spiro atoms. The van der Waals surface area contributed by atoms with Crippen LogP contribution in [0, 0.1) is 6.92 Å². The van der Waals surface area contributed by atoms with E-state index in [2.05, 4.69) is 15.7 Å². The van der Waals surface area contributed by atoms with E-state index in [1.54, 1.807) is 24.3 Å². The molecule has 0 unspecified atom stereocenters. The third-order valence-electron chi connectivity index (χ3n) is 5.09. The molecule has 0 aromatic heterocycles. The molecule has 1 saturated heterocycles. The van der Waals surface area contributed by atoms with Crippen LogP contribution in [-0.2, 0) is 14.4 Å². The first kappa shape index (κ1) is 20.3. The maximum absolute atomic E-state index is 13.1. The second-order valence-electron chi connectivity index (χ2n) is 7.16. The van der Waals surface area contributed by atoms with E-state index in [0.717, 1.165) is 10.5 Å².